The van der Waals surface area contributed by atoms with Gasteiger partial charge in [-0.3, -0.25) is 0 Å². The van der Waals surface area contributed by atoms with Crippen molar-refractivity contribution in [1.29, 1.82) is 0 Å². The first-order valence-electron chi connectivity index (χ1n) is 5.53. The standard InChI is InChI=1S/C12H12BrN3O2S/c13-8-10-3-5-12(6-4-10)19(17,18)15-9-11-2-1-7-14-16-11/h1-7,15H,8-9H2. The van der Waals surface area contributed by atoms with E-state index in [9.17, 15) is 8.42 Å². The van der Waals surface area contributed by atoms with Crippen LogP contribution in [-0.2, 0) is 21.9 Å². The largest absolute Gasteiger partial charge is 0.240 e. The molecule has 0 atom stereocenters. The van der Waals surface area contributed by atoms with Crippen molar-refractivity contribution in [2.75, 3.05) is 0 Å². The quantitative estimate of drug-likeness (QED) is 0.842. The summed E-state index contributed by atoms with van der Waals surface area (Å²) in [7, 11) is -3.52. The van der Waals surface area contributed by atoms with Crippen LogP contribution in [0.5, 0.6) is 0 Å². The van der Waals surface area contributed by atoms with Crippen LogP contribution in [0.1, 0.15) is 11.3 Å². The van der Waals surface area contributed by atoms with Gasteiger partial charge in [-0.15, -0.1) is 0 Å². The molecule has 100 valence electrons. The van der Waals surface area contributed by atoms with Gasteiger partial charge in [-0.1, -0.05) is 28.1 Å². The van der Waals surface area contributed by atoms with Crippen LogP contribution in [0.25, 0.3) is 0 Å². The molecule has 0 aliphatic heterocycles. The molecule has 1 heterocycles. The van der Waals surface area contributed by atoms with Gasteiger partial charge in [-0.2, -0.15) is 10.2 Å². The number of alkyl halides is 1. The molecule has 19 heavy (non-hydrogen) atoms. The van der Waals surface area contributed by atoms with Crippen molar-refractivity contribution in [2.45, 2.75) is 16.8 Å². The van der Waals surface area contributed by atoms with E-state index >= 15 is 0 Å². The van der Waals surface area contributed by atoms with Crippen LogP contribution in [0.4, 0.5) is 0 Å². The highest BCUT2D eigenvalue weighted by Crippen LogP contribution is 2.12. The molecule has 0 spiro atoms. The summed E-state index contributed by atoms with van der Waals surface area (Å²) in [6.45, 7) is 0.121. The van der Waals surface area contributed by atoms with Gasteiger partial charge in [0.05, 0.1) is 17.1 Å². The van der Waals surface area contributed by atoms with Crippen molar-refractivity contribution < 1.29 is 8.42 Å². The fourth-order valence-corrected chi connectivity index (χ4v) is 2.81. The normalized spacial score (nSPS) is 11.4. The van der Waals surface area contributed by atoms with Crippen molar-refractivity contribution in [1.82, 2.24) is 14.9 Å². The van der Waals surface area contributed by atoms with Crippen LogP contribution >= 0.6 is 15.9 Å². The number of nitrogens with one attached hydrogen (secondary N) is 1. The zero-order chi connectivity index (χ0) is 13.7. The highest BCUT2D eigenvalue weighted by molar-refractivity contribution is 9.08. The molecule has 0 bridgehead atoms. The average Bonchev–Trinajstić information content (AvgIpc) is 2.46. The maximum Gasteiger partial charge on any atom is 0.240 e. The summed E-state index contributed by atoms with van der Waals surface area (Å²) < 4.78 is 26.6. The Balaban J connectivity index is 2.09. The van der Waals surface area contributed by atoms with Crippen LogP contribution in [-0.4, -0.2) is 18.6 Å². The van der Waals surface area contributed by atoms with Gasteiger partial charge in [0.25, 0.3) is 0 Å². The second kappa shape index (κ2) is 6.23. The lowest BCUT2D eigenvalue weighted by molar-refractivity contribution is 0.580. The molecular weight excluding hydrogens is 330 g/mol. The minimum atomic E-state index is -3.52. The molecule has 0 aliphatic carbocycles. The Morgan fingerprint density at radius 2 is 1.89 bits per heavy atom. The SMILES string of the molecule is O=S(=O)(NCc1cccnn1)c1ccc(CBr)cc1. The molecular formula is C12H12BrN3O2S. The molecule has 0 radical (unpaired) electrons. The minimum absolute atomic E-state index is 0.121. The molecule has 0 aliphatic rings. The van der Waals surface area contributed by atoms with E-state index in [-0.39, 0.29) is 11.4 Å². The molecule has 2 rings (SSSR count). The number of nitrogens with zero attached hydrogens (tertiary/aromatic N) is 2. The van der Waals surface area contributed by atoms with E-state index in [2.05, 4.69) is 30.8 Å². The second-order valence-electron chi connectivity index (χ2n) is 3.82. The fourth-order valence-electron chi connectivity index (χ4n) is 1.44. The Morgan fingerprint density at radius 1 is 1.16 bits per heavy atom. The van der Waals surface area contributed by atoms with Crippen molar-refractivity contribution in [3.8, 4) is 0 Å². The monoisotopic (exact) mass is 341 g/mol. The molecule has 0 amide bonds. The smallest absolute Gasteiger partial charge is 0.207 e. The maximum atomic E-state index is 12.0. The summed E-state index contributed by atoms with van der Waals surface area (Å²) >= 11 is 3.31. The zero-order valence-corrected chi connectivity index (χ0v) is 12.4. The molecule has 0 saturated heterocycles. The Morgan fingerprint density at radius 3 is 2.47 bits per heavy atom. The van der Waals surface area contributed by atoms with Crippen LogP contribution in [0.15, 0.2) is 47.5 Å². The first kappa shape index (κ1) is 14.1. The topological polar surface area (TPSA) is 72.0 Å². The fraction of sp³-hybridized carbons (Fsp3) is 0.167. The summed E-state index contributed by atoms with van der Waals surface area (Å²) in [4.78, 5) is 0.237. The highest BCUT2D eigenvalue weighted by Gasteiger charge is 2.13. The summed E-state index contributed by atoms with van der Waals surface area (Å²) in [5, 5.41) is 8.21. The van der Waals surface area contributed by atoms with Gasteiger partial charge in [0, 0.05) is 11.5 Å². The predicted molar refractivity (Wildman–Crippen MR) is 75.1 cm³/mol. The van der Waals surface area contributed by atoms with E-state index in [1.165, 1.54) is 6.20 Å². The lowest BCUT2D eigenvalue weighted by atomic mass is 10.2. The molecule has 1 N–H and O–H groups in total. The van der Waals surface area contributed by atoms with Gasteiger partial charge >= 0.3 is 0 Å². The van der Waals surface area contributed by atoms with E-state index in [0.29, 0.717) is 11.0 Å². The summed E-state index contributed by atoms with van der Waals surface area (Å²) in [6.07, 6.45) is 1.54. The third-order valence-corrected chi connectivity index (χ3v) is 4.52. The third kappa shape index (κ3) is 3.82. The van der Waals surface area contributed by atoms with E-state index in [1.807, 2.05) is 0 Å². The Hall–Kier alpha value is -1.31. The van der Waals surface area contributed by atoms with E-state index < -0.39 is 10.0 Å². The average molecular weight is 342 g/mol. The van der Waals surface area contributed by atoms with E-state index in [4.69, 9.17) is 0 Å². The number of rotatable bonds is 5. The van der Waals surface area contributed by atoms with Gasteiger partial charge < -0.3 is 0 Å². The lowest BCUT2D eigenvalue weighted by Crippen LogP contribution is -2.23. The molecule has 7 heteroatoms. The number of hydrogen-bond donors (Lipinski definition) is 1. The molecule has 5 nitrogen and oxygen atoms in total. The molecule has 0 saturated carbocycles. The summed E-state index contributed by atoms with van der Waals surface area (Å²) in [6, 6.07) is 10.1. The van der Waals surface area contributed by atoms with Crippen molar-refractivity contribution in [3.63, 3.8) is 0 Å². The molecule has 0 fully saturated rings. The summed E-state index contributed by atoms with van der Waals surface area (Å²) in [5.41, 5.74) is 1.59. The molecule has 1 aromatic heterocycles. The van der Waals surface area contributed by atoms with Crippen LogP contribution in [0.2, 0.25) is 0 Å². The minimum Gasteiger partial charge on any atom is -0.207 e. The van der Waals surface area contributed by atoms with Gasteiger partial charge in [0.1, 0.15) is 0 Å². The van der Waals surface area contributed by atoms with Gasteiger partial charge in [0.15, 0.2) is 0 Å². The van der Waals surface area contributed by atoms with Gasteiger partial charge in [-0.25, -0.2) is 13.1 Å². The van der Waals surface area contributed by atoms with Gasteiger partial charge in [-0.05, 0) is 29.8 Å². The molecule has 0 unspecified atom stereocenters. The van der Waals surface area contributed by atoms with E-state index in [1.54, 1.807) is 36.4 Å². The Labute approximate surface area is 120 Å². The zero-order valence-electron chi connectivity index (χ0n) is 9.95. The van der Waals surface area contributed by atoms with Crippen LogP contribution in [0, 0.1) is 0 Å². The second-order valence-corrected chi connectivity index (χ2v) is 6.14. The Bertz CT molecular complexity index is 630. The first-order valence-corrected chi connectivity index (χ1v) is 8.13. The van der Waals surface area contributed by atoms with Gasteiger partial charge in [0.2, 0.25) is 10.0 Å². The lowest BCUT2D eigenvalue weighted by Gasteiger charge is -2.06. The number of hydrogen-bond acceptors (Lipinski definition) is 4. The number of aromatic nitrogens is 2. The predicted octanol–water partition coefficient (Wildman–Crippen LogP) is 1.85. The van der Waals surface area contributed by atoms with Crippen molar-refractivity contribution in [3.05, 3.63) is 53.9 Å². The van der Waals surface area contributed by atoms with Crippen LogP contribution in [0.3, 0.4) is 0 Å². The van der Waals surface area contributed by atoms with Crippen molar-refractivity contribution >= 4 is 26.0 Å². The first-order chi connectivity index (χ1) is 9.12. The highest BCUT2D eigenvalue weighted by atomic mass is 79.9. The number of sulfonamides is 1. The Kier molecular flexibility index (Phi) is 4.62. The van der Waals surface area contributed by atoms with Crippen LogP contribution < -0.4 is 4.72 Å². The number of halogens is 1. The number of benzene rings is 1. The molecule has 2 aromatic rings. The third-order valence-electron chi connectivity index (χ3n) is 2.46. The maximum absolute atomic E-state index is 12.0. The van der Waals surface area contributed by atoms with E-state index in [0.717, 1.165) is 5.56 Å². The van der Waals surface area contributed by atoms with Crippen molar-refractivity contribution in [2.24, 2.45) is 0 Å². The molecule has 1 aromatic carbocycles. The summed E-state index contributed by atoms with van der Waals surface area (Å²) in [5.74, 6) is 0.